The molecule has 0 unspecified atom stereocenters. The minimum absolute atomic E-state index is 0.272. The number of hydrogen-bond acceptors (Lipinski definition) is 2. The fraction of sp³-hybridized carbons (Fsp3) is 0.923. The van der Waals surface area contributed by atoms with Gasteiger partial charge in [-0.05, 0) is 51.5 Å². The Kier molecular flexibility index (Phi) is 5.81. The number of carbonyl (C=O) groups excluding carboxylic acids is 1. The second kappa shape index (κ2) is 6.89. The van der Waals surface area contributed by atoms with Gasteiger partial charge in [-0.1, -0.05) is 6.92 Å². The predicted octanol–water partition coefficient (Wildman–Crippen LogP) is 2.01. The third-order valence-corrected chi connectivity index (χ3v) is 3.72. The molecule has 3 nitrogen and oxygen atoms in total. The van der Waals surface area contributed by atoms with Crippen LogP contribution in [0.2, 0.25) is 0 Å². The van der Waals surface area contributed by atoms with Crippen LogP contribution in [0, 0.1) is 11.8 Å². The monoisotopic (exact) mass is 226 g/mol. The summed E-state index contributed by atoms with van der Waals surface area (Å²) in [4.78, 5) is 14.2. The first kappa shape index (κ1) is 13.5. The van der Waals surface area contributed by atoms with Gasteiger partial charge in [-0.15, -0.1) is 0 Å². The second-order valence-corrected chi connectivity index (χ2v) is 4.87. The lowest BCUT2D eigenvalue weighted by Crippen LogP contribution is -2.38. The van der Waals surface area contributed by atoms with Gasteiger partial charge in [0.05, 0.1) is 0 Å². The Hall–Kier alpha value is -0.570. The van der Waals surface area contributed by atoms with Crippen LogP contribution in [0.4, 0.5) is 0 Å². The van der Waals surface area contributed by atoms with Crippen molar-refractivity contribution in [3.05, 3.63) is 0 Å². The molecule has 0 aromatic carbocycles. The van der Waals surface area contributed by atoms with E-state index in [4.69, 9.17) is 5.73 Å². The number of rotatable bonds is 5. The lowest BCUT2D eigenvalue weighted by Gasteiger charge is -2.31. The number of hydrogen-bond donors (Lipinski definition) is 1. The molecular weight excluding hydrogens is 200 g/mol. The summed E-state index contributed by atoms with van der Waals surface area (Å²) in [5.74, 6) is 1.31. The Morgan fingerprint density at radius 1 is 1.25 bits per heavy atom. The zero-order valence-electron chi connectivity index (χ0n) is 10.7. The molecular formula is C13H26N2O. The van der Waals surface area contributed by atoms with Crippen LogP contribution < -0.4 is 5.73 Å². The molecule has 0 atom stereocenters. The Balaban J connectivity index is 2.42. The summed E-state index contributed by atoms with van der Waals surface area (Å²) < 4.78 is 0. The lowest BCUT2D eigenvalue weighted by molar-refractivity contribution is -0.136. The van der Waals surface area contributed by atoms with Crippen molar-refractivity contribution in [1.29, 1.82) is 0 Å². The largest absolute Gasteiger partial charge is 0.343 e. The molecule has 94 valence electrons. The van der Waals surface area contributed by atoms with Crippen molar-refractivity contribution >= 4 is 5.91 Å². The van der Waals surface area contributed by atoms with Crippen molar-refractivity contribution in [2.45, 2.75) is 46.0 Å². The molecule has 0 heterocycles. The van der Waals surface area contributed by atoms with Gasteiger partial charge in [0.25, 0.3) is 0 Å². The molecule has 1 fully saturated rings. The van der Waals surface area contributed by atoms with Crippen molar-refractivity contribution in [3.63, 3.8) is 0 Å². The van der Waals surface area contributed by atoms with E-state index in [0.29, 0.717) is 11.8 Å². The van der Waals surface area contributed by atoms with Gasteiger partial charge in [0, 0.05) is 19.0 Å². The first-order chi connectivity index (χ1) is 7.72. The maximum atomic E-state index is 12.2. The maximum absolute atomic E-state index is 12.2. The van der Waals surface area contributed by atoms with E-state index >= 15 is 0 Å². The first-order valence-electron chi connectivity index (χ1n) is 6.71. The standard InChI is InChI=1S/C13H26N2O/c1-3-9-15(4-2)13(16)12-7-5-11(10-14)6-8-12/h11-12H,3-10,14H2,1-2H3. The van der Waals surface area contributed by atoms with E-state index in [2.05, 4.69) is 13.8 Å². The highest BCUT2D eigenvalue weighted by atomic mass is 16.2. The van der Waals surface area contributed by atoms with Gasteiger partial charge < -0.3 is 10.6 Å². The van der Waals surface area contributed by atoms with Crippen molar-refractivity contribution in [3.8, 4) is 0 Å². The van der Waals surface area contributed by atoms with Crippen molar-refractivity contribution in [2.24, 2.45) is 17.6 Å². The highest BCUT2D eigenvalue weighted by Crippen LogP contribution is 2.29. The minimum Gasteiger partial charge on any atom is -0.343 e. The average Bonchev–Trinajstić information content (AvgIpc) is 2.35. The zero-order chi connectivity index (χ0) is 12.0. The molecule has 0 spiro atoms. The summed E-state index contributed by atoms with van der Waals surface area (Å²) >= 11 is 0. The summed E-state index contributed by atoms with van der Waals surface area (Å²) in [5, 5.41) is 0. The maximum Gasteiger partial charge on any atom is 0.225 e. The molecule has 0 bridgehead atoms. The second-order valence-electron chi connectivity index (χ2n) is 4.87. The van der Waals surface area contributed by atoms with Gasteiger partial charge in [-0.2, -0.15) is 0 Å². The van der Waals surface area contributed by atoms with Gasteiger partial charge >= 0.3 is 0 Å². The molecule has 1 saturated carbocycles. The van der Waals surface area contributed by atoms with E-state index in [1.54, 1.807) is 0 Å². The van der Waals surface area contributed by atoms with Gasteiger partial charge in [0.15, 0.2) is 0 Å². The quantitative estimate of drug-likeness (QED) is 0.779. The van der Waals surface area contributed by atoms with Crippen molar-refractivity contribution in [1.82, 2.24) is 4.90 Å². The van der Waals surface area contributed by atoms with Crippen molar-refractivity contribution in [2.75, 3.05) is 19.6 Å². The smallest absolute Gasteiger partial charge is 0.225 e. The van der Waals surface area contributed by atoms with Crippen LogP contribution in [0.25, 0.3) is 0 Å². The SMILES string of the molecule is CCCN(CC)C(=O)C1CCC(CN)CC1. The van der Waals surface area contributed by atoms with E-state index in [1.807, 2.05) is 4.90 Å². The first-order valence-corrected chi connectivity index (χ1v) is 6.71. The average molecular weight is 226 g/mol. The Bertz CT molecular complexity index is 210. The number of nitrogens with two attached hydrogens (primary N) is 1. The molecule has 0 aromatic heterocycles. The molecule has 1 aliphatic carbocycles. The van der Waals surface area contributed by atoms with Crippen LogP contribution in [0.5, 0.6) is 0 Å². The summed E-state index contributed by atoms with van der Waals surface area (Å²) in [7, 11) is 0. The molecule has 3 heteroatoms. The van der Waals surface area contributed by atoms with Gasteiger partial charge in [0.1, 0.15) is 0 Å². The van der Waals surface area contributed by atoms with Gasteiger partial charge in [-0.25, -0.2) is 0 Å². The Morgan fingerprint density at radius 2 is 1.88 bits per heavy atom. The van der Waals surface area contributed by atoms with Crippen LogP contribution in [0.1, 0.15) is 46.0 Å². The van der Waals surface area contributed by atoms with E-state index in [9.17, 15) is 4.79 Å². The third-order valence-electron chi connectivity index (χ3n) is 3.72. The zero-order valence-corrected chi connectivity index (χ0v) is 10.7. The fourth-order valence-electron chi connectivity index (χ4n) is 2.60. The molecule has 0 radical (unpaired) electrons. The Labute approximate surface area is 99.4 Å². The van der Waals surface area contributed by atoms with Crippen LogP contribution in [0.3, 0.4) is 0 Å². The molecule has 1 amide bonds. The normalized spacial score (nSPS) is 25.4. The van der Waals surface area contributed by atoms with E-state index in [1.165, 1.54) is 0 Å². The van der Waals surface area contributed by atoms with Gasteiger partial charge in [-0.3, -0.25) is 4.79 Å². The minimum atomic E-state index is 0.272. The summed E-state index contributed by atoms with van der Waals surface area (Å²) in [6, 6.07) is 0. The molecule has 16 heavy (non-hydrogen) atoms. The third kappa shape index (κ3) is 3.48. The Morgan fingerprint density at radius 3 is 2.31 bits per heavy atom. The van der Waals surface area contributed by atoms with Crippen LogP contribution >= 0.6 is 0 Å². The van der Waals surface area contributed by atoms with Crippen LogP contribution in [-0.2, 0) is 4.79 Å². The summed E-state index contributed by atoms with van der Waals surface area (Å²) in [6.45, 7) is 6.74. The van der Waals surface area contributed by atoms with E-state index in [-0.39, 0.29) is 5.92 Å². The van der Waals surface area contributed by atoms with E-state index < -0.39 is 0 Å². The molecule has 2 N–H and O–H groups in total. The molecule has 0 saturated heterocycles. The highest BCUT2D eigenvalue weighted by Gasteiger charge is 2.27. The molecule has 0 aliphatic heterocycles. The molecule has 1 rings (SSSR count). The van der Waals surface area contributed by atoms with Crippen LogP contribution in [-0.4, -0.2) is 30.4 Å². The topological polar surface area (TPSA) is 46.3 Å². The molecule has 1 aliphatic rings. The molecule has 0 aromatic rings. The van der Waals surface area contributed by atoms with Gasteiger partial charge in [0.2, 0.25) is 5.91 Å². The number of nitrogens with zero attached hydrogens (tertiary/aromatic N) is 1. The fourth-order valence-corrected chi connectivity index (χ4v) is 2.60. The van der Waals surface area contributed by atoms with Crippen LogP contribution in [0.15, 0.2) is 0 Å². The predicted molar refractivity (Wildman–Crippen MR) is 67.0 cm³/mol. The lowest BCUT2D eigenvalue weighted by atomic mass is 9.81. The van der Waals surface area contributed by atoms with Crippen molar-refractivity contribution < 1.29 is 4.79 Å². The summed E-state index contributed by atoms with van der Waals surface area (Å²) in [6.07, 6.45) is 5.41. The highest BCUT2D eigenvalue weighted by molar-refractivity contribution is 5.78. The number of carbonyl (C=O) groups is 1. The van der Waals surface area contributed by atoms with E-state index in [0.717, 1.165) is 51.7 Å². The number of amides is 1. The summed E-state index contributed by atoms with van der Waals surface area (Å²) in [5.41, 5.74) is 5.66.